The van der Waals surface area contributed by atoms with Crippen LogP contribution in [0.3, 0.4) is 0 Å². The molecule has 0 bridgehead atoms. The second kappa shape index (κ2) is 4.99. The number of aliphatic hydroxyl groups excluding tert-OH is 1. The molecule has 0 aromatic carbocycles. The molecule has 1 unspecified atom stereocenters. The molecule has 0 radical (unpaired) electrons. The van der Waals surface area contributed by atoms with Crippen molar-refractivity contribution < 1.29 is 9.84 Å². The number of rotatable bonds is 3. The van der Waals surface area contributed by atoms with Crippen LogP contribution in [0, 0.1) is 0 Å². The van der Waals surface area contributed by atoms with Crippen molar-refractivity contribution in [2.75, 3.05) is 24.7 Å². The summed E-state index contributed by atoms with van der Waals surface area (Å²) >= 11 is 1.95. The highest BCUT2D eigenvalue weighted by atomic mass is 32.2. The summed E-state index contributed by atoms with van der Waals surface area (Å²) in [5, 5.41) is 8.47. The standard InChI is InChI=1S/C7H14O2S/c8-3-4-9-7-2-1-5-10-6-7/h7-8H,1-6H2. The largest absolute Gasteiger partial charge is 0.394 e. The van der Waals surface area contributed by atoms with E-state index in [1.807, 2.05) is 11.8 Å². The molecule has 0 aromatic heterocycles. The van der Waals surface area contributed by atoms with Gasteiger partial charge in [-0.1, -0.05) is 0 Å². The average molecular weight is 162 g/mol. The van der Waals surface area contributed by atoms with Crippen LogP contribution in [-0.4, -0.2) is 35.9 Å². The summed E-state index contributed by atoms with van der Waals surface area (Å²) in [6, 6.07) is 0. The third-order valence-corrected chi connectivity index (χ3v) is 2.75. The molecule has 1 rings (SSSR count). The molecule has 1 saturated heterocycles. The van der Waals surface area contributed by atoms with Gasteiger partial charge in [-0.25, -0.2) is 0 Å². The van der Waals surface area contributed by atoms with E-state index in [1.165, 1.54) is 18.6 Å². The summed E-state index contributed by atoms with van der Waals surface area (Å²) in [6.45, 7) is 0.659. The predicted octanol–water partition coefficient (Wildman–Crippen LogP) is 0.891. The van der Waals surface area contributed by atoms with Crippen molar-refractivity contribution >= 4 is 11.8 Å². The van der Waals surface area contributed by atoms with Crippen molar-refractivity contribution in [3.05, 3.63) is 0 Å². The molecule has 0 aromatic rings. The Bertz CT molecular complexity index is 81.7. The van der Waals surface area contributed by atoms with Gasteiger partial charge in [0.1, 0.15) is 0 Å². The number of ether oxygens (including phenoxy) is 1. The fourth-order valence-electron chi connectivity index (χ4n) is 1.06. The second-order valence-corrected chi connectivity index (χ2v) is 3.58. The Morgan fingerprint density at radius 3 is 3.10 bits per heavy atom. The van der Waals surface area contributed by atoms with E-state index in [2.05, 4.69) is 0 Å². The van der Waals surface area contributed by atoms with E-state index in [0.29, 0.717) is 12.7 Å². The van der Waals surface area contributed by atoms with Crippen molar-refractivity contribution in [3.63, 3.8) is 0 Å². The first kappa shape index (κ1) is 8.37. The molecule has 0 saturated carbocycles. The topological polar surface area (TPSA) is 29.5 Å². The van der Waals surface area contributed by atoms with Crippen LogP contribution in [0.2, 0.25) is 0 Å². The average Bonchev–Trinajstić information content (AvgIpc) is 2.03. The lowest BCUT2D eigenvalue weighted by atomic mass is 10.2. The minimum Gasteiger partial charge on any atom is -0.394 e. The van der Waals surface area contributed by atoms with Crippen LogP contribution >= 0.6 is 11.8 Å². The van der Waals surface area contributed by atoms with Gasteiger partial charge in [-0.15, -0.1) is 0 Å². The Morgan fingerprint density at radius 1 is 1.60 bits per heavy atom. The molecular weight excluding hydrogens is 148 g/mol. The maximum atomic E-state index is 8.47. The smallest absolute Gasteiger partial charge is 0.0701 e. The predicted molar refractivity (Wildman–Crippen MR) is 43.4 cm³/mol. The van der Waals surface area contributed by atoms with Gasteiger partial charge in [0.15, 0.2) is 0 Å². The Labute approximate surface area is 66.0 Å². The molecule has 1 heterocycles. The summed E-state index contributed by atoms with van der Waals surface area (Å²) < 4.78 is 5.36. The van der Waals surface area contributed by atoms with Crippen LogP contribution in [0.15, 0.2) is 0 Å². The highest BCUT2D eigenvalue weighted by Gasteiger charge is 2.12. The maximum Gasteiger partial charge on any atom is 0.0701 e. The van der Waals surface area contributed by atoms with Crippen molar-refractivity contribution in [3.8, 4) is 0 Å². The SMILES string of the molecule is OCCOC1CCCSC1. The van der Waals surface area contributed by atoms with Crippen molar-refractivity contribution in [2.24, 2.45) is 0 Å². The maximum absolute atomic E-state index is 8.47. The lowest BCUT2D eigenvalue weighted by Gasteiger charge is -2.20. The minimum absolute atomic E-state index is 0.154. The molecule has 1 aliphatic rings. The number of aliphatic hydroxyl groups is 1. The monoisotopic (exact) mass is 162 g/mol. The van der Waals surface area contributed by atoms with E-state index in [0.717, 1.165) is 5.75 Å². The Morgan fingerprint density at radius 2 is 2.50 bits per heavy atom. The van der Waals surface area contributed by atoms with E-state index in [-0.39, 0.29) is 6.61 Å². The first-order valence-electron chi connectivity index (χ1n) is 3.73. The van der Waals surface area contributed by atoms with Gasteiger partial charge in [-0.05, 0) is 18.6 Å². The van der Waals surface area contributed by atoms with E-state index >= 15 is 0 Å². The molecular formula is C7H14O2S. The van der Waals surface area contributed by atoms with Gasteiger partial charge in [-0.3, -0.25) is 0 Å². The fraction of sp³-hybridized carbons (Fsp3) is 1.00. The molecule has 1 fully saturated rings. The molecule has 0 spiro atoms. The van der Waals surface area contributed by atoms with Crippen molar-refractivity contribution in [1.29, 1.82) is 0 Å². The highest BCUT2D eigenvalue weighted by molar-refractivity contribution is 7.99. The number of hydrogen-bond donors (Lipinski definition) is 1. The van der Waals surface area contributed by atoms with Gasteiger partial charge in [0.2, 0.25) is 0 Å². The van der Waals surface area contributed by atoms with Crippen LogP contribution in [0.5, 0.6) is 0 Å². The second-order valence-electron chi connectivity index (χ2n) is 2.43. The third-order valence-electron chi connectivity index (χ3n) is 1.56. The van der Waals surface area contributed by atoms with E-state index in [9.17, 15) is 0 Å². The molecule has 0 aliphatic carbocycles. The van der Waals surface area contributed by atoms with Gasteiger partial charge >= 0.3 is 0 Å². The van der Waals surface area contributed by atoms with Crippen LogP contribution in [0.4, 0.5) is 0 Å². The first-order valence-corrected chi connectivity index (χ1v) is 4.89. The number of hydrogen-bond acceptors (Lipinski definition) is 3. The molecule has 2 nitrogen and oxygen atoms in total. The Balaban J connectivity index is 2.02. The van der Waals surface area contributed by atoms with Crippen molar-refractivity contribution in [2.45, 2.75) is 18.9 Å². The zero-order chi connectivity index (χ0) is 7.23. The minimum atomic E-state index is 0.154. The van der Waals surface area contributed by atoms with Crippen LogP contribution in [-0.2, 0) is 4.74 Å². The van der Waals surface area contributed by atoms with Crippen LogP contribution in [0.25, 0.3) is 0 Å². The Kier molecular flexibility index (Phi) is 4.18. The van der Waals surface area contributed by atoms with E-state index in [1.54, 1.807) is 0 Å². The van der Waals surface area contributed by atoms with Crippen molar-refractivity contribution in [1.82, 2.24) is 0 Å². The summed E-state index contributed by atoms with van der Waals surface area (Å²) in [5.74, 6) is 2.39. The molecule has 0 amide bonds. The van der Waals surface area contributed by atoms with E-state index < -0.39 is 0 Å². The molecule has 10 heavy (non-hydrogen) atoms. The van der Waals surface area contributed by atoms with Gasteiger partial charge in [0, 0.05) is 5.75 Å². The molecule has 3 heteroatoms. The summed E-state index contributed by atoms with van der Waals surface area (Å²) in [6.07, 6.45) is 2.85. The van der Waals surface area contributed by atoms with Crippen LogP contribution < -0.4 is 0 Å². The number of thioether (sulfide) groups is 1. The summed E-state index contributed by atoms with van der Waals surface area (Å²) in [7, 11) is 0. The Hall–Kier alpha value is 0.270. The summed E-state index contributed by atoms with van der Waals surface area (Å²) in [4.78, 5) is 0. The third kappa shape index (κ3) is 2.90. The first-order chi connectivity index (χ1) is 4.93. The van der Waals surface area contributed by atoms with Gasteiger partial charge in [0.25, 0.3) is 0 Å². The van der Waals surface area contributed by atoms with Gasteiger partial charge in [-0.2, -0.15) is 11.8 Å². The highest BCUT2D eigenvalue weighted by Crippen LogP contribution is 2.18. The quantitative estimate of drug-likeness (QED) is 0.668. The fourth-order valence-corrected chi connectivity index (χ4v) is 2.13. The van der Waals surface area contributed by atoms with E-state index in [4.69, 9.17) is 9.84 Å². The zero-order valence-corrected chi connectivity index (χ0v) is 6.90. The normalized spacial score (nSPS) is 26.7. The molecule has 1 N–H and O–H groups in total. The van der Waals surface area contributed by atoms with Crippen LogP contribution in [0.1, 0.15) is 12.8 Å². The lowest BCUT2D eigenvalue weighted by molar-refractivity contribution is 0.0357. The molecule has 60 valence electrons. The summed E-state index contributed by atoms with van der Waals surface area (Å²) in [5.41, 5.74) is 0. The van der Waals surface area contributed by atoms with Gasteiger partial charge in [0.05, 0.1) is 19.3 Å². The lowest BCUT2D eigenvalue weighted by Crippen LogP contribution is -2.21. The molecule has 1 atom stereocenters. The van der Waals surface area contributed by atoms with Gasteiger partial charge < -0.3 is 9.84 Å². The zero-order valence-electron chi connectivity index (χ0n) is 6.08. The molecule has 1 aliphatic heterocycles.